The second-order valence-electron chi connectivity index (χ2n) is 6.40. The molecule has 2 aromatic carbocycles. The SMILES string of the molecule is O=C(NC(CO)c1ccccc1)c1ccc(C(=O)NC(CO)c2ccccc2)s1. The van der Waals surface area contributed by atoms with Crippen LogP contribution in [0.5, 0.6) is 0 Å². The second kappa shape index (κ2) is 9.97. The van der Waals surface area contributed by atoms with Crippen molar-refractivity contribution in [3.63, 3.8) is 0 Å². The van der Waals surface area contributed by atoms with Crippen LogP contribution in [0.1, 0.15) is 42.6 Å². The van der Waals surface area contributed by atoms with Crippen LogP contribution in [0.4, 0.5) is 0 Å². The van der Waals surface area contributed by atoms with E-state index < -0.39 is 12.1 Å². The zero-order valence-electron chi connectivity index (χ0n) is 15.6. The van der Waals surface area contributed by atoms with Crippen LogP contribution in [0.3, 0.4) is 0 Å². The number of rotatable bonds is 8. The quantitative estimate of drug-likeness (QED) is 0.459. The topological polar surface area (TPSA) is 98.7 Å². The molecule has 0 saturated heterocycles. The monoisotopic (exact) mass is 410 g/mol. The van der Waals surface area contributed by atoms with Crippen molar-refractivity contribution in [3.05, 3.63) is 93.7 Å². The van der Waals surface area contributed by atoms with E-state index in [1.165, 1.54) is 0 Å². The third kappa shape index (κ3) is 5.29. The van der Waals surface area contributed by atoms with E-state index >= 15 is 0 Å². The van der Waals surface area contributed by atoms with Gasteiger partial charge >= 0.3 is 0 Å². The minimum atomic E-state index is -0.528. The van der Waals surface area contributed by atoms with Crippen LogP contribution in [0.2, 0.25) is 0 Å². The van der Waals surface area contributed by atoms with E-state index in [2.05, 4.69) is 10.6 Å². The first kappa shape index (κ1) is 20.7. The lowest BCUT2D eigenvalue weighted by molar-refractivity contribution is 0.0914. The van der Waals surface area contributed by atoms with Gasteiger partial charge in [0.25, 0.3) is 11.8 Å². The summed E-state index contributed by atoms with van der Waals surface area (Å²) in [6.45, 7) is -0.465. The number of nitrogens with one attached hydrogen (secondary N) is 2. The van der Waals surface area contributed by atoms with Gasteiger partial charge in [0.2, 0.25) is 0 Å². The molecule has 0 aliphatic rings. The van der Waals surface area contributed by atoms with Crippen molar-refractivity contribution < 1.29 is 19.8 Å². The Hall–Kier alpha value is -3.00. The summed E-state index contributed by atoms with van der Waals surface area (Å²) >= 11 is 1.06. The normalized spacial score (nSPS) is 12.8. The van der Waals surface area contributed by atoms with Gasteiger partial charge in [-0.2, -0.15) is 0 Å². The number of aliphatic hydroxyl groups is 2. The van der Waals surface area contributed by atoms with Gasteiger partial charge < -0.3 is 20.8 Å². The Morgan fingerprint density at radius 1 is 0.690 bits per heavy atom. The number of thiophene rings is 1. The van der Waals surface area contributed by atoms with Crippen LogP contribution in [0.15, 0.2) is 72.8 Å². The molecule has 4 N–H and O–H groups in total. The molecule has 1 heterocycles. The van der Waals surface area contributed by atoms with E-state index in [9.17, 15) is 19.8 Å². The lowest BCUT2D eigenvalue weighted by Crippen LogP contribution is -2.30. The van der Waals surface area contributed by atoms with Crippen LogP contribution >= 0.6 is 11.3 Å². The molecule has 29 heavy (non-hydrogen) atoms. The number of carbonyl (C=O) groups excluding carboxylic acids is 2. The largest absolute Gasteiger partial charge is 0.394 e. The van der Waals surface area contributed by atoms with Crippen molar-refractivity contribution in [2.45, 2.75) is 12.1 Å². The minimum absolute atomic E-state index is 0.232. The maximum atomic E-state index is 12.5. The first-order chi connectivity index (χ1) is 14.1. The average Bonchev–Trinajstić information content (AvgIpc) is 3.27. The number of amides is 2. The fraction of sp³-hybridized carbons (Fsp3) is 0.182. The molecule has 7 heteroatoms. The Balaban J connectivity index is 1.66. The van der Waals surface area contributed by atoms with Gasteiger partial charge in [0.05, 0.1) is 35.1 Å². The summed E-state index contributed by atoms with van der Waals surface area (Å²) in [6.07, 6.45) is 0. The molecule has 0 aliphatic heterocycles. The van der Waals surface area contributed by atoms with Crippen LogP contribution in [0.25, 0.3) is 0 Å². The van der Waals surface area contributed by atoms with E-state index in [0.717, 1.165) is 22.5 Å². The molecule has 3 aromatic rings. The van der Waals surface area contributed by atoms with Crippen molar-refractivity contribution in [2.75, 3.05) is 13.2 Å². The van der Waals surface area contributed by atoms with Crippen molar-refractivity contribution in [3.8, 4) is 0 Å². The molecular formula is C22H22N2O4S. The van der Waals surface area contributed by atoms with Crippen molar-refractivity contribution in [1.82, 2.24) is 10.6 Å². The third-order valence-electron chi connectivity index (χ3n) is 4.43. The summed E-state index contributed by atoms with van der Waals surface area (Å²) in [5.74, 6) is -0.725. The molecule has 0 fully saturated rings. The van der Waals surface area contributed by atoms with Gasteiger partial charge in [-0.3, -0.25) is 9.59 Å². The van der Waals surface area contributed by atoms with Gasteiger partial charge in [-0.15, -0.1) is 11.3 Å². The Labute approximate surface area is 172 Å². The van der Waals surface area contributed by atoms with E-state index in [1.54, 1.807) is 12.1 Å². The highest BCUT2D eigenvalue weighted by Gasteiger charge is 2.20. The first-order valence-electron chi connectivity index (χ1n) is 9.15. The maximum absolute atomic E-state index is 12.5. The van der Waals surface area contributed by atoms with Gasteiger partial charge in [0.15, 0.2) is 0 Å². The van der Waals surface area contributed by atoms with Crippen molar-refractivity contribution in [2.24, 2.45) is 0 Å². The minimum Gasteiger partial charge on any atom is -0.394 e. The summed E-state index contributed by atoms with van der Waals surface area (Å²) in [5, 5.41) is 24.8. The summed E-state index contributed by atoms with van der Waals surface area (Å²) in [4.78, 5) is 25.8. The molecule has 0 bridgehead atoms. The number of benzene rings is 2. The predicted molar refractivity (Wildman–Crippen MR) is 112 cm³/mol. The summed E-state index contributed by atoms with van der Waals surface area (Å²) in [7, 11) is 0. The van der Waals surface area contributed by atoms with E-state index in [0.29, 0.717) is 9.75 Å². The molecule has 6 nitrogen and oxygen atoms in total. The third-order valence-corrected chi connectivity index (χ3v) is 5.52. The molecule has 3 rings (SSSR count). The van der Waals surface area contributed by atoms with Crippen LogP contribution in [0, 0.1) is 0 Å². The first-order valence-corrected chi connectivity index (χ1v) is 9.97. The van der Waals surface area contributed by atoms with E-state index in [4.69, 9.17) is 0 Å². The predicted octanol–water partition coefficient (Wildman–Crippen LogP) is 2.67. The maximum Gasteiger partial charge on any atom is 0.261 e. The molecule has 0 aliphatic carbocycles. The highest BCUT2D eigenvalue weighted by Crippen LogP contribution is 2.20. The average molecular weight is 410 g/mol. The molecule has 2 atom stereocenters. The molecule has 2 unspecified atom stereocenters. The lowest BCUT2D eigenvalue weighted by Gasteiger charge is -2.16. The fourth-order valence-electron chi connectivity index (χ4n) is 2.88. The van der Waals surface area contributed by atoms with Crippen LogP contribution < -0.4 is 10.6 Å². The Bertz CT molecular complexity index is 868. The Morgan fingerprint density at radius 2 is 1.07 bits per heavy atom. The fourth-order valence-corrected chi connectivity index (χ4v) is 3.69. The highest BCUT2D eigenvalue weighted by molar-refractivity contribution is 7.15. The zero-order chi connectivity index (χ0) is 20.6. The Morgan fingerprint density at radius 3 is 1.41 bits per heavy atom. The smallest absolute Gasteiger partial charge is 0.261 e. The van der Waals surface area contributed by atoms with Gasteiger partial charge in [0.1, 0.15) is 0 Å². The molecule has 0 radical (unpaired) electrons. The van der Waals surface area contributed by atoms with Crippen molar-refractivity contribution in [1.29, 1.82) is 0 Å². The number of hydrogen-bond donors (Lipinski definition) is 4. The molecule has 0 spiro atoms. The second-order valence-corrected chi connectivity index (χ2v) is 7.49. The number of aliphatic hydroxyl groups excluding tert-OH is 2. The zero-order valence-corrected chi connectivity index (χ0v) is 16.4. The molecule has 150 valence electrons. The van der Waals surface area contributed by atoms with Crippen LogP contribution in [-0.4, -0.2) is 35.2 Å². The Kier molecular flexibility index (Phi) is 7.13. The lowest BCUT2D eigenvalue weighted by atomic mass is 10.1. The van der Waals surface area contributed by atoms with Gasteiger partial charge in [-0.25, -0.2) is 0 Å². The van der Waals surface area contributed by atoms with Gasteiger partial charge in [-0.05, 0) is 23.3 Å². The number of carbonyl (C=O) groups is 2. The van der Waals surface area contributed by atoms with Gasteiger partial charge in [-0.1, -0.05) is 60.7 Å². The van der Waals surface area contributed by atoms with E-state index in [1.807, 2.05) is 60.7 Å². The molecule has 2 amide bonds. The standard InChI is InChI=1S/C22H22N2O4S/c25-13-17(15-7-3-1-4-8-15)23-21(27)19-11-12-20(29-19)22(28)24-18(14-26)16-9-5-2-6-10-16/h1-12,17-18,25-26H,13-14H2,(H,23,27)(H,24,28). The van der Waals surface area contributed by atoms with Crippen LogP contribution in [-0.2, 0) is 0 Å². The summed E-state index contributed by atoms with van der Waals surface area (Å²) < 4.78 is 0. The molecule has 0 saturated carbocycles. The van der Waals surface area contributed by atoms with E-state index in [-0.39, 0.29) is 25.0 Å². The summed E-state index contributed by atoms with van der Waals surface area (Å²) in [5.41, 5.74) is 1.60. The molecular weight excluding hydrogens is 388 g/mol. The highest BCUT2D eigenvalue weighted by atomic mass is 32.1. The van der Waals surface area contributed by atoms with Gasteiger partial charge in [0, 0.05) is 0 Å². The molecule has 1 aromatic heterocycles. The van der Waals surface area contributed by atoms with Crippen molar-refractivity contribution >= 4 is 23.2 Å². The number of hydrogen-bond acceptors (Lipinski definition) is 5. The summed E-state index contributed by atoms with van der Waals surface area (Å²) in [6, 6.07) is 20.5.